The van der Waals surface area contributed by atoms with Gasteiger partial charge in [0, 0.05) is 19.1 Å². The van der Waals surface area contributed by atoms with E-state index in [-0.39, 0.29) is 17.9 Å². The second kappa shape index (κ2) is 4.62. The molecule has 0 saturated heterocycles. The highest BCUT2D eigenvalue weighted by Gasteiger charge is 2.11. The van der Waals surface area contributed by atoms with Gasteiger partial charge in [-0.2, -0.15) is 0 Å². The van der Waals surface area contributed by atoms with Gasteiger partial charge in [0.2, 0.25) is 0 Å². The van der Waals surface area contributed by atoms with E-state index in [2.05, 4.69) is 0 Å². The third-order valence-corrected chi connectivity index (χ3v) is 2.65. The van der Waals surface area contributed by atoms with Crippen LogP contribution in [0.5, 0.6) is 0 Å². The Labute approximate surface area is 90.9 Å². The molecule has 1 rings (SSSR count). The summed E-state index contributed by atoms with van der Waals surface area (Å²) in [4.78, 5) is 1.90. The average molecular weight is 210 g/mol. The molecular weight excluding hydrogens is 191 g/mol. The van der Waals surface area contributed by atoms with Crippen molar-refractivity contribution in [1.82, 2.24) is 0 Å². The predicted molar refractivity (Wildman–Crippen MR) is 62.5 cm³/mol. The van der Waals surface area contributed by atoms with E-state index in [9.17, 15) is 4.39 Å². The van der Waals surface area contributed by atoms with E-state index in [4.69, 9.17) is 5.73 Å². The quantitative estimate of drug-likeness (QED) is 0.831. The minimum absolute atomic E-state index is 0.127. The lowest BCUT2D eigenvalue weighted by Gasteiger charge is -2.24. The zero-order valence-corrected chi connectivity index (χ0v) is 9.79. The Balaban J connectivity index is 3.03. The van der Waals surface area contributed by atoms with Gasteiger partial charge >= 0.3 is 0 Å². The van der Waals surface area contributed by atoms with Crippen molar-refractivity contribution >= 4 is 5.69 Å². The number of hydrogen-bond acceptors (Lipinski definition) is 2. The Bertz CT molecular complexity index is 334. The van der Waals surface area contributed by atoms with Gasteiger partial charge in [0.1, 0.15) is 5.82 Å². The lowest BCUT2D eigenvalue weighted by molar-refractivity contribution is 0.609. The first-order chi connectivity index (χ1) is 6.93. The van der Waals surface area contributed by atoms with E-state index < -0.39 is 0 Å². The van der Waals surface area contributed by atoms with Crippen LogP contribution in [0.1, 0.15) is 32.4 Å². The number of benzene rings is 1. The van der Waals surface area contributed by atoms with E-state index in [0.717, 1.165) is 5.56 Å². The summed E-state index contributed by atoms with van der Waals surface area (Å²) >= 11 is 0. The summed E-state index contributed by atoms with van der Waals surface area (Å²) in [5.74, 6) is -0.207. The highest BCUT2D eigenvalue weighted by Crippen LogP contribution is 2.23. The monoisotopic (exact) mass is 210 g/mol. The molecule has 1 aromatic rings. The Morgan fingerprint density at radius 2 is 1.87 bits per heavy atom. The van der Waals surface area contributed by atoms with Crippen molar-refractivity contribution in [2.75, 3.05) is 11.9 Å². The molecule has 0 unspecified atom stereocenters. The minimum Gasteiger partial charge on any atom is -0.370 e. The summed E-state index contributed by atoms with van der Waals surface area (Å²) < 4.78 is 13.7. The maximum Gasteiger partial charge on any atom is 0.146 e. The normalized spacial score (nSPS) is 13.0. The lowest BCUT2D eigenvalue weighted by Crippen LogP contribution is -2.26. The maximum absolute atomic E-state index is 13.7. The number of rotatable bonds is 3. The molecule has 0 radical (unpaired) electrons. The molecule has 15 heavy (non-hydrogen) atoms. The van der Waals surface area contributed by atoms with Crippen molar-refractivity contribution < 1.29 is 4.39 Å². The molecule has 0 bridgehead atoms. The largest absolute Gasteiger partial charge is 0.370 e. The molecule has 0 spiro atoms. The summed E-state index contributed by atoms with van der Waals surface area (Å²) in [5, 5.41) is 0. The highest BCUT2D eigenvalue weighted by atomic mass is 19.1. The molecule has 0 aliphatic carbocycles. The molecule has 0 amide bonds. The molecule has 84 valence electrons. The molecule has 0 aromatic heterocycles. The smallest absolute Gasteiger partial charge is 0.146 e. The minimum atomic E-state index is -0.207. The average Bonchev–Trinajstić information content (AvgIpc) is 2.16. The Kier molecular flexibility index (Phi) is 3.69. The van der Waals surface area contributed by atoms with Crippen LogP contribution in [-0.4, -0.2) is 13.1 Å². The molecule has 1 aromatic carbocycles. The van der Waals surface area contributed by atoms with Crippen molar-refractivity contribution in [1.29, 1.82) is 0 Å². The van der Waals surface area contributed by atoms with Crippen LogP contribution in [0.25, 0.3) is 0 Å². The molecule has 3 heteroatoms. The van der Waals surface area contributed by atoms with Crippen molar-refractivity contribution in [2.45, 2.75) is 32.9 Å². The Morgan fingerprint density at radius 3 is 2.27 bits per heavy atom. The van der Waals surface area contributed by atoms with E-state index in [1.165, 1.54) is 6.07 Å². The fourth-order valence-corrected chi connectivity index (χ4v) is 1.37. The third kappa shape index (κ3) is 2.69. The second-order valence-electron chi connectivity index (χ2n) is 4.20. The summed E-state index contributed by atoms with van der Waals surface area (Å²) in [6, 6.07) is 5.33. The fourth-order valence-electron chi connectivity index (χ4n) is 1.37. The van der Waals surface area contributed by atoms with Crippen molar-refractivity contribution in [3.63, 3.8) is 0 Å². The Hall–Kier alpha value is -1.09. The number of halogens is 1. The zero-order chi connectivity index (χ0) is 11.6. The van der Waals surface area contributed by atoms with Gasteiger partial charge in [-0.1, -0.05) is 6.07 Å². The SMILES string of the molecule is CC(C)N(C)c1ccc([C@H](C)N)cc1F. The topological polar surface area (TPSA) is 29.3 Å². The zero-order valence-electron chi connectivity index (χ0n) is 9.79. The summed E-state index contributed by atoms with van der Waals surface area (Å²) in [6.07, 6.45) is 0. The highest BCUT2D eigenvalue weighted by molar-refractivity contribution is 5.49. The van der Waals surface area contributed by atoms with E-state index in [1.54, 1.807) is 6.07 Å². The molecular formula is C12H19FN2. The first-order valence-electron chi connectivity index (χ1n) is 5.21. The van der Waals surface area contributed by atoms with Crippen molar-refractivity contribution in [3.05, 3.63) is 29.6 Å². The molecule has 1 atom stereocenters. The van der Waals surface area contributed by atoms with Gasteiger partial charge < -0.3 is 10.6 Å². The predicted octanol–water partition coefficient (Wildman–Crippen LogP) is 2.69. The number of nitrogens with two attached hydrogens (primary N) is 1. The molecule has 0 heterocycles. The van der Waals surface area contributed by atoms with Crippen LogP contribution in [0.15, 0.2) is 18.2 Å². The van der Waals surface area contributed by atoms with Gasteiger partial charge in [-0.3, -0.25) is 0 Å². The summed E-state index contributed by atoms with van der Waals surface area (Å²) in [7, 11) is 1.88. The van der Waals surface area contributed by atoms with Crippen molar-refractivity contribution in [2.24, 2.45) is 5.73 Å². The van der Waals surface area contributed by atoms with Crippen LogP contribution < -0.4 is 10.6 Å². The molecule has 0 fully saturated rings. The molecule has 0 aliphatic rings. The van der Waals surface area contributed by atoms with E-state index >= 15 is 0 Å². The standard InChI is InChI=1S/C12H19FN2/c1-8(2)15(4)12-6-5-10(9(3)14)7-11(12)13/h5-9H,14H2,1-4H3/t9-/m0/s1. The van der Waals surface area contributed by atoms with Crippen LogP contribution in [-0.2, 0) is 0 Å². The summed E-state index contributed by atoms with van der Waals surface area (Å²) in [5.41, 5.74) is 7.14. The van der Waals surface area contributed by atoms with Gasteiger partial charge in [0.15, 0.2) is 0 Å². The van der Waals surface area contributed by atoms with Crippen LogP contribution >= 0.6 is 0 Å². The Morgan fingerprint density at radius 1 is 1.27 bits per heavy atom. The van der Waals surface area contributed by atoms with Crippen LogP contribution in [0, 0.1) is 5.82 Å². The molecule has 0 aliphatic heterocycles. The maximum atomic E-state index is 13.7. The third-order valence-electron chi connectivity index (χ3n) is 2.65. The van der Waals surface area contributed by atoms with Gasteiger partial charge in [-0.25, -0.2) is 4.39 Å². The summed E-state index contributed by atoms with van der Waals surface area (Å²) in [6.45, 7) is 5.90. The number of hydrogen-bond donors (Lipinski definition) is 1. The van der Waals surface area contributed by atoms with Gasteiger partial charge in [0.25, 0.3) is 0 Å². The fraction of sp³-hybridized carbons (Fsp3) is 0.500. The second-order valence-corrected chi connectivity index (χ2v) is 4.20. The van der Waals surface area contributed by atoms with Gasteiger partial charge in [-0.05, 0) is 38.5 Å². The lowest BCUT2D eigenvalue weighted by atomic mass is 10.1. The van der Waals surface area contributed by atoms with Crippen LogP contribution in [0.2, 0.25) is 0 Å². The van der Waals surface area contributed by atoms with Crippen molar-refractivity contribution in [3.8, 4) is 0 Å². The van der Waals surface area contributed by atoms with E-state index in [0.29, 0.717) is 5.69 Å². The molecule has 2 N–H and O–H groups in total. The van der Waals surface area contributed by atoms with Crippen LogP contribution in [0.4, 0.5) is 10.1 Å². The molecule has 0 saturated carbocycles. The number of nitrogens with zero attached hydrogens (tertiary/aromatic N) is 1. The van der Waals surface area contributed by atoms with E-state index in [1.807, 2.05) is 38.8 Å². The van der Waals surface area contributed by atoms with Gasteiger partial charge in [0.05, 0.1) is 5.69 Å². The van der Waals surface area contributed by atoms with Gasteiger partial charge in [-0.15, -0.1) is 0 Å². The number of anilines is 1. The molecule has 2 nitrogen and oxygen atoms in total. The first-order valence-corrected chi connectivity index (χ1v) is 5.21. The first kappa shape index (κ1) is 12.0. The van der Waals surface area contributed by atoms with Crippen LogP contribution in [0.3, 0.4) is 0 Å².